The second kappa shape index (κ2) is 9.60. The Morgan fingerprint density at radius 2 is 1.81 bits per heavy atom. The van der Waals surface area contributed by atoms with Crippen molar-refractivity contribution in [3.8, 4) is 0 Å². The van der Waals surface area contributed by atoms with Gasteiger partial charge < -0.3 is 14.2 Å². The molecule has 0 N–H and O–H groups in total. The van der Waals surface area contributed by atoms with E-state index in [9.17, 15) is 14.4 Å². The highest BCUT2D eigenvalue weighted by Crippen LogP contribution is 2.31. The van der Waals surface area contributed by atoms with E-state index in [0.717, 1.165) is 21.2 Å². The predicted molar refractivity (Wildman–Crippen MR) is 117 cm³/mol. The Balaban J connectivity index is 1.37. The van der Waals surface area contributed by atoms with Gasteiger partial charge in [0.2, 0.25) is 0 Å². The lowest BCUT2D eigenvalue weighted by atomic mass is 10.1. The van der Waals surface area contributed by atoms with Crippen LogP contribution >= 0.6 is 15.9 Å². The van der Waals surface area contributed by atoms with E-state index in [1.54, 1.807) is 4.90 Å². The van der Waals surface area contributed by atoms with Crippen molar-refractivity contribution in [1.29, 1.82) is 0 Å². The Morgan fingerprint density at radius 1 is 1.03 bits per heavy atom. The van der Waals surface area contributed by atoms with Gasteiger partial charge in [0.25, 0.3) is 0 Å². The summed E-state index contributed by atoms with van der Waals surface area (Å²) in [6.07, 6.45) is -1.62. The number of nitrogens with zero attached hydrogens (tertiary/aromatic N) is 2. The number of amides is 2. The molecule has 2 aromatic rings. The molecule has 168 valence electrons. The van der Waals surface area contributed by atoms with Crippen LogP contribution in [0, 0.1) is 0 Å². The minimum Gasteiger partial charge on any atom is -0.467 e. The van der Waals surface area contributed by atoms with Crippen LogP contribution in [0.3, 0.4) is 0 Å². The van der Waals surface area contributed by atoms with E-state index in [4.69, 9.17) is 14.2 Å². The fourth-order valence-electron chi connectivity index (χ4n) is 3.97. The number of esters is 1. The first-order valence-electron chi connectivity index (χ1n) is 10.2. The lowest BCUT2D eigenvalue weighted by molar-refractivity contribution is -0.145. The Kier molecular flexibility index (Phi) is 6.64. The number of likely N-dealkylation sites (tertiary alicyclic amines) is 1. The molecule has 1 fully saturated rings. The zero-order valence-electron chi connectivity index (χ0n) is 17.5. The van der Waals surface area contributed by atoms with Crippen molar-refractivity contribution in [1.82, 2.24) is 9.80 Å². The first kappa shape index (κ1) is 22.1. The second-order valence-electron chi connectivity index (χ2n) is 7.71. The molecule has 2 atom stereocenters. The number of carbonyl (C=O) groups excluding carboxylic acids is 3. The average molecular weight is 503 g/mol. The fraction of sp³-hybridized carbons (Fsp3) is 0.348. The van der Waals surface area contributed by atoms with Crippen molar-refractivity contribution in [2.45, 2.75) is 38.3 Å². The molecule has 2 aliphatic heterocycles. The maximum Gasteiger partial charge on any atom is 0.410 e. The number of halogens is 1. The van der Waals surface area contributed by atoms with Crippen LogP contribution in [0.5, 0.6) is 0 Å². The van der Waals surface area contributed by atoms with Gasteiger partial charge in [0.05, 0.1) is 20.2 Å². The highest BCUT2D eigenvalue weighted by atomic mass is 79.9. The zero-order chi connectivity index (χ0) is 22.7. The van der Waals surface area contributed by atoms with E-state index in [2.05, 4.69) is 15.9 Å². The van der Waals surface area contributed by atoms with Crippen LogP contribution in [-0.2, 0) is 38.7 Å². The summed E-state index contributed by atoms with van der Waals surface area (Å²) in [6, 6.07) is 14.2. The molecule has 1 saturated heterocycles. The van der Waals surface area contributed by atoms with Crippen molar-refractivity contribution in [3.05, 3.63) is 69.7 Å². The summed E-state index contributed by atoms with van der Waals surface area (Å²) in [5.41, 5.74) is 2.94. The van der Waals surface area contributed by atoms with Crippen LogP contribution in [0.4, 0.5) is 9.59 Å². The number of ether oxygens (including phenoxy) is 3. The van der Waals surface area contributed by atoms with Gasteiger partial charge in [0, 0.05) is 17.4 Å². The van der Waals surface area contributed by atoms with Gasteiger partial charge in [-0.3, -0.25) is 9.80 Å². The third kappa shape index (κ3) is 4.72. The van der Waals surface area contributed by atoms with Gasteiger partial charge in [-0.05, 0) is 22.8 Å². The molecule has 0 aliphatic carbocycles. The number of carbonyl (C=O) groups is 3. The van der Waals surface area contributed by atoms with Crippen LogP contribution in [-0.4, -0.2) is 53.8 Å². The highest BCUT2D eigenvalue weighted by Gasteiger charge is 2.43. The van der Waals surface area contributed by atoms with Gasteiger partial charge in [0.1, 0.15) is 18.8 Å². The monoisotopic (exact) mass is 502 g/mol. The molecule has 2 aliphatic rings. The molecule has 2 aromatic carbocycles. The topological polar surface area (TPSA) is 85.4 Å². The summed E-state index contributed by atoms with van der Waals surface area (Å²) in [5, 5.41) is 0. The number of hydrogen-bond acceptors (Lipinski definition) is 6. The van der Waals surface area contributed by atoms with Gasteiger partial charge in [0.15, 0.2) is 0 Å². The van der Waals surface area contributed by atoms with Crippen molar-refractivity contribution in [3.63, 3.8) is 0 Å². The van der Waals surface area contributed by atoms with E-state index < -0.39 is 30.3 Å². The number of benzene rings is 2. The van der Waals surface area contributed by atoms with Gasteiger partial charge in [-0.2, -0.15) is 0 Å². The van der Waals surface area contributed by atoms with Crippen molar-refractivity contribution < 1.29 is 28.6 Å². The molecule has 2 amide bonds. The van der Waals surface area contributed by atoms with Gasteiger partial charge >= 0.3 is 18.2 Å². The van der Waals surface area contributed by atoms with Gasteiger partial charge in [-0.15, -0.1) is 0 Å². The second-order valence-corrected chi connectivity index (χ2v) is 8.56. The summed E-state index contributed by atoms with van der Waals surface area (Å²) in [6.45, 7) is 1.02. The highest BCUT2D eigenvalue weighted by molar-refractivity contribution is 9.10. The minimum absolute atomic E-state index is 0.0591. The molecule has 0 aromatic heterocycles. The number of fused-ring (bicyclic) bond motifs is 1. The third-order valence-electron chi connectivity index (χ3n) is 5.63. The Bertz CT molecular complexity index is 1010. The Morgan fingerprint density at radius 3 is 2.53 bits per heavy atom. The van der Waals surface area contributed by atoms with E-state index in [-0.39, 0.29) is 19.6 Å². The maximum atomic E-state index is 12.8. The van der Waals surface area contributed by atoms with Crippen molar-refractivity contribution in [2.24, 2.45) is 0 Å². The number of hydrogen-bond donors (Lipinski definition) is 0. The Labute approximate surface area is 194 Å². The van der Waals surface area contributed by atoms with Crippen LogP contribution in [0.2, 0.25) is 0 Å². The first-order chi connectivity index (χ1) is 15.5. The normalized spacial score (nSPS) is 19.4. The number of rotatable bonds is 4. The molecular weight excluding hydrogens is 480 g/mol. The summed E-state index contributed by atoms with van der Waals surface area (Å²) >= 11 is 3.51. The van der Waals surface area contributed by atoms with Crippen LogP contribution in [0.1, 0.15) is 23.1 Å². The largest absolute Gasteiger partial charge is 0.467 e. The smallest absolute Gasteiger partial charge is 0.410 e. The Hall–Kier alpha value is -3.07. The van der Waals surface area contributed by atoms with Crippen molar-refractivity contribution in [2.75, 3.05) is 13.7 Å². The summed E-state index contributed by atoms with van der Waals surface area (Å²) in [4.78, 5) is 40.5. The fourth-order valence-corrected chi connectivity index (χ4v) is 4.51. The lowest BCUT2D eigenvalue weighted by Gasteiger charge is -2.22. The first-order valence-corrected chi connectivity index (χ1v) is 11.0. The standard InChI is InChI=1S/C23H23BrN2O6/c1-30-21(27)20-10-17(12-26(20)23(29)31-14-15-6-3-2-4-7-15)32-22(28)25-11-16-8-5-9-19(24)18(16)13-25/h2-9,17,20H,10-14H2,1H3/t17?,20-/m0/s1. The van der Waals surface area contributed by atoms with Crippen LogP contribution in [0.25, 0.3) is 0 Å². The molecule has 9 heteroatoms. The zero-order valence-corrected chi connectivity index (χ0v) is 19.1. The lowest BCUT2D eigenvalue weighted by Crippen LogP contribution is -2.41. The van der Waals surface area contributed by atoms with Crippen LogP contribution in [0.15, 0.2) is 53.0 Å². The quantitative estimate of drug-likeness (QED) is 0.466. The average Bonchev–Trinajstić information content (AvgIpc) is 3.43. The molecule has 4 rings (SSSR count). The summed E-state index contributed by atoms with van der Waals surface area (Å²) in [5.74, 6) is -0.572. The molecule has 0 bridgehead atoms. The van der Waals surface area contributed by atoms with Gasteiger partial charge in [-0.25, -0.2) is 14.4 Å². The molecule has 0 saturated carbocycles. The van der Waals surface area contributed by atoms with E-state index in [1.807, 2.05) is 48.5 Å². The molecule has 1 unspecified atom stereocenters. The summed E-state index contributed by atoms with van der Waals surface area (Å²) in [7, 11) is 1.26. The van der Waals surface area contributed by atoms with Crippen molar-refractivity contribution >= 4 is 34.1 Å². The summed E-state index contributed by atoms with van der Waals surface area (Å²) < 4.78 is 16.8. The van der Waals surface area contributed by atoms with E-state index in [0.29, 0.717) is 13.1 Å². The predicted octanol–water partition coefficient (Wildman–Crippen LogP) is 3.85. The third-order valence-corrected chi connectivity index (χ3v) is 6.37. The molecule has 32 heavy (non-hydrogen) atoms. The molecule has 8 nitrogen and oxygen atoms in total. The number of methoxy groups -OCH3 is 1. The SMILES string of the molecule is COC(=O)[C@@H]1CC(OC(=O)N2Cc3cccc(Br)c3C2)CN1C(=O)OCc1ccccc1. The molecule has 0 spiro atoms. The van der Waals surface area contributed by atoms with Crippen LogP contribution < -0.4 is 0 Å². The molecular formula is C23H23BrN2O6. The van der Waals surface area contributed by atoms with Gasteiger partial charge in [-0.1, -0.05) is 58.4 Å². The van der Waals surface area contributed by atoms with E-state index >= 15 is 0 Å². The maximum absolute atomic E-state index is 12.8. The molecule has 2 heterocycles. The van der Waals surface area contributed by atoms with E-state index in [1.165, 1.54) is 12.0 Å². The molecule has 0 radical (unpaired) electrons. The minimum atomic E-state index is -0.869.